The van der Waals surface area contributed by atoms with E-state index < -0.39 is 0 Å². The van der Waals surface area contributed by atoms with E-state index in [4.69, 9.17) is 4.74 Å². The number of rotatable bonds is 9. The Morgan fingerprint density at radius 3 is 2.67 bits per heavy atom. The van der Waals surface area contributed by atoms with Gasteiger partial charge in [0, 0.05) is 39.8 Å². The SMILES string of the molecule is COCCCCC(=O)N1CCCN(CCCc2ccccc2)CC1. The highest BCUT2D eigenvalue weighted by Crippen LogP contribution is 2.09. The fourth-order valence-corrected chi connectivity index (χ4v) is 3.28. The van der Waals surface area contributed by atoms with Crippen LogP contribution in [0.1, 0.15) is 37.7 Å². The predicted octanol–water partition coefficient (Wildman–Crippen LogP) is 2.97. The Morgan fingerprint density at radius 1 is 1.04 bits per heavy atom. The molecule has 1 aliphatic rings. The number of amides is 1. The molecule has 1 amide bonds. The Bertz CT molecular complexity index is 464. The van der Waals surface area contributed by atoms with Gasteiger partial charge in [0.05, 0.1) is 0 Å². The standard InChI is InChI=1S/C20H32N2O2/c1-24-18-6-5-12-20(23)22-15-8-14-21(16-17-22)13-7-11-19-9-3-2-4-10-19/h2-4,9-10H,5-8,11-18H2,1H3. The third-order valence-corrected chi connectivity index (χ3v) is 4.71. The van der Waals surface area contributed by atoms with Crippen molar-refractivity contribution >= 4 is 5.91 Å². The molecule has 1 aliphatic heterocycles. The van der Waals surface area contributed by atoms with Crippen molar-refractivity contribution in [3.05, 3.63) is 35.9 Å². The van der Waals surface area contributed by atoms with Crippen LogP contribution in [0.4, 0.5) is 0 Å². The topological polar surface area (TPSA) is 32.8 Å². The van der Waals surface area contributed by atoms with Gasteiger partial charge in [0.25, 0.3) is 0 Å². The Balaban J connectivity index is 1.63. The quantitative estimate of drug-likeness (QED) is 0.652. The number of ether oxygens (including phenoxy) is 1. The summed E-state index contributed by atoms with van der Waals surface area (Å²) >= 11 is 0. The second-order valence-electron chi connectivity index (χ2n) is 6.62. The summed E-state index contributed by atoms with van der Waals surface area (Å²) in [4.78, 5) is 16.9. The molecule has 0 aromatic heterocycles. The van der Waals surface area contributed by atoms with Gasteiger partial charge < -0.3 is 14.5 Å². The summed E-state index contributed by atoms with van der Waals surface area (Å²) in [7, 11) is 1.71. The largest absolute Gasteiger partial charge is 0.385 e. The van der Waals surface area contributed by atoms with Crippen LogP contribution in [-0.2, 0) is 16.0 Å². The number of methoxy groups -OCH3 is 1. The predicted molar refractivity (Wildman–Crippen MR) is 98.1 cm³/mol. The van der Waals surface area contributed by atoms with E-state index in [1.807, 2.05) is 0 Å². The number of carbonyl (C=O) groups excluding carboxylic acids is 1. The summed E-state index contributed by atoms with van der Waals surface area (Å²) < 4.78 is 5.04. The summed E-state index contributed by atoms with van der Waals surface area (Å²) in [6.45, 7) is 5.81. The molecule has 2 rings (SSSR count). The number of unbranched alkanes of at least 4 members (excludes halogenated alkanes) is 1. The van der Waals surface area contributed by atoms with Crippen LogP contribution < -0.4 is 0 Å². The normalized spacial score (nSPS) is 16.1. The molecule has 0 spiro atoms. The van der Waals surface area contributed by atoms with Gasteiger partial charge in [0.2, 0.25) is 5.91 Å². The highest BCUT2D eigenvalue weighted by atomic mass is 16.5. The molecular weight excluding hydrogens is 300 g/mol. The second-order valence-corrected chi connectivity index (χ2v) is 6.62. The molecule has 1 saturated heterocycles. The van der Waals surface area contributed by atoms with E-state index in [-0.39, 0.29) is 0 Å². The third kappa shape index (κ3) is 7.02. The Labute approximate surface area is 146 Å². The Hall–Kier alpha value is -1.39. The molecule has 4 heteroatoms. The molecule has 24 heavy (non-hydrogen) atoms. The van der Waals surface area contributed by atoms with Gasteiger partial charge >= 0.3 is 0 Å². The van der Waals surface area contributed by atoms with E-state index in [2.05, 4.69) is 40.1 Å². The summed E-state index contributed by atoms with van der Waals surface area (Å²) in [5.41, 5.74) is 1.42. The highest BCUT2D eigenvalue weighted by Gasteiger charge is 2.18. The van der Waals surface area contributed by atoms with Crippen molar-refractivity contribution in [3.8, 4) is 0 Å². The maximum atomic E-state index is 12.3. The van der Waals surface area contributed by atoms with Gasteiger partial charge in [-0.05, 0) is 50.8 Å². The minimum absolute atomic E-state index is 0.317. The molecule has 0 unspecified atom stereocenters. The number of hydrogen-bond acceptors (Lipinski definition) is 3. The maximum Gasteiger partial charge on any atom is 0.222 e. The van der Waals surface area contributed by atoms with Crippen molar-refractivity contribution < 1.29 is 9.53 Å². The number of carbonyl (C=O) groups is 1. The van der Waals surface area contributed by atoms with Crippen LogP contribution in [0.25, 0.3) is 0 Å². The fourth-order valence-electron chi connectivity index (χ4n) is 3.28. The molecule has 1 aromatic carbocycles. The van der Waals surface area contributed by atoms with E-state index in [1.165, 1.54) is 12.0 Å². The van der Waals surface area contributed by atoms with Crippen LogP contribution in [0.15, 0.2) is 30.3 Å². The summed E-state index contributed by atoms with van der Waals surface area (Å²) in [5, 5.41) is 0. The molecule has 0 bridgehead atoms. The lowest BCUT2D eigenvalue weighted by Gasteiger charge is -2.22. The van der Waals surface area contributed by atoms with Gasteiger partial charge in [0.1, 0.15) is 0 Å². The lowest BCUT2D eigenvalue weighted by Crippen LogP contribution is -2.35. The summed E-state index contributed by atoms with van der Waals surface area (Å²) in [6, 6.07) is 10.7. The monoisotopic (exact) mass is 332 g/mol. The fraction of sp³-hybridized carbons (Fsp3) is 0.650. The average molecular weight is 332 g/mol. The molecule has 0 N–H and O–H groups in total. The van der Waals surface area contributed by atoms with E-state index >= 15 is 0 Å². The zero-order chi connectivity index (χ0) is 17.0. The highest BCUT2D eigenvalue weighted by molar-refractivity contribution is 5.76. The average Bonchev–Trinajstić information content (AvgIpc) is 2.85. The summed E-state index contributed by atoms with van der Waals surface area (Å²) in [6.07, 6.45) is 5.99. The van der Waals surface area contributed by atoms with Crippen LogP contribution in [0, 0.1) is 0 Å². The second kappa shape index (κ2) is 11.2. The molecule has 1 fully saturated rings. The number of nitrogens with zero attached hydrogens (tertiary/aromatic N) is 2. The van der Waals surface area contributed by atoms with Gasteiger partial charge in [-0.1, -0.05) is 30.3 Å². The zero-order valence-corrected chi connectivity index (χ0v) is 15.1. The van der Waals surface area contributed by atoms with Crippen molar-refractivity contribution in [1.29, 1.82) is 0 Å². The van der Waals surface area contributed by atoms with E-state index in [0.29, 0.717) is 12.3 Å². The van der Waals surface area contributed by atoms with Crippen LogP contribution in [0.3, 0.4) is 0 Å². The lowest BCUT2D eigenvalue weighted by atomic mass is 10.1. The number of hydrogen-bond donors (Lipinski definition) is 0. The van der Waals surface area contributed by atoms with Gasteiger partial charge in [-0.15, -0.1) is 0 Å². The smallest absolute Gasteiger partial charge is 0.222 e. The minimum atomic E-state index is 0.317. The van der Waals surface area contributed by atoms with Crippen molar-refractivity contribution in [2.24, 2.45) is 0 Å². The molecule has 1 heterocycles. The van der Waals surface area contributed by atoms with Gasteiger partial charge in [-0.3, -0.25) is 4.79 Å². The zero-order valence-electron chi connectivity index (χ0n) is 15.1. The first-order chi connectivity index (χ1) is 11.8. The molecule has 1 aromatic rings. The lowest BCUT2D eigenvalue weighted by molar-refractivity contribution is -0.131. The van der Waals surface area contributed by atoms with E-state index in [9.17, 15) is 4.79 Å². The first kappa shape index (κ1) is 18.9. The maximum absolute atomic E-state index is 12.3. The van der Waals surface area contributed by atoms with E-state index in [0.717, 1.165) is 65.0 Å². The number of benzene rings is 1. The third-order valence-electron chi connectivity index (χ3n) is 4.71. The van der Waals surface area contributed by atoms with E-state index in [1.54, 1.807) is 7.11 Å². The molecule has 0 aliphatic carbocycles. The van der Waals surface area contributed by atoms with Crippen LogP contribution in [0.2, 0.25) is 0 Å². The van der Waals surface area contributed by atoms with Crippen LogP contribution >= 0.6 is 0 Å². The van der Waals surface area contributed by atoms with Crippen LogP contribution in [0.5, 0.6) is 0 Å². The molecular formula is C20H32N2O2. The molecule has 4 nitrogen and oxygen atoms in total. The van der Waals surface area contributed by atoms with Gasteiger partial charge in [-0.25, -0.2) is 0 Å². The van der Waals surface area contributed by atoms with Crippen molar-refractivity contribution in [1.82, 2.24) is 9.80 Å². The summed E-state index contributed by atoms with van der Waals surface area (Å²) in [5.74, 6) is 0.317. The molecule has 134 valence electrons. The Morgan fingerprint density at radius 2 is 1.88 bits per heavy atom. The molecule has 0 radical (unpaired) electrons. The van der Waals surface area contributed by atoms with Crippen molar-refractivity contribution in [3.63, 3.8) is 0 Å². The molecule has 0 atom stereocenters. The number of aryl methyl sites for hydroxylation is 1. The first-order valence-corrected chi connectivity index (χ1v) is 9.32. The van der Waals surface area contributed by atoms with Gasteiger partial charge in [-0.2, -0.15) is 0 Å². The first-order valence-electron chi connectivity index (χ1n) is 9.32. The van der Waals surface area contributed by atoms with Crippen molar-refractivity contribution in [2.75, 3.05) is 46.4 Å². The minimum Gasteiger partial charge on any atom is -0.385 e. The van der Waals surface area contributed by atoms with Crippen LogP contribution in [-0.4, -0.2) is 62.1 Å². The Kier molecular flexibility index (Phi) is 8.85. The van der Waals surface area contributed by atoms with Gasteiger partial charge in [0.15, 0.2) is 0 Å². The van der Waals surface area contributed by atoms with Crippen molar-refractivity contribution in [2.45, 2.75) is 38.5 Å². The molecule has 0 saturated carbocycles.